The third kappa shape index (κ3) is 1.99. The van der Waals surface area contributed by atoms with Gasteiger partial charge in [-0.15, -0.1) is 0 Å². The lowest BCUT2D eigenvalue weighted by Gasteiger charge is -2.55. The molecule has 3 heteroatoms. The molecule has 0 aromatic carbocycles. The van der Waals surface area contributed by atoms with Crippen LogP contribution in [-0.4, -0.2) is 22.5 Å². The van der Waals surface area contributed by atoms with Crippen molar-refractivity contribution in [2.75, 3.05) is 0 Å². The molecule has 0 bridgehead atoms. The molecule has 0 radical (unpaired) electrons. The summed E-state index contributed by atoms with van der Waals surface area (Å²) in [6.07, 6.45) is 10.0. The molecule has 4 rings (SSSR count). The first-order valence-electron chi connectivity index (χ1n) is 9.09. The van der Waals surface area contributed by atoms with Gasteiger partial charge in [0, 0.05) is 6.42 Å². The van der Waals surface area contributed by atoms with Gasteiger partial charge in [0.2, 0.25) is 0 Å². The van der Waals surface area contributed by atoms with E-state index in [2.05, 4.69) is 26.0 Å². The molecule has 4 aliphatic rings. The van der Waals surface area contributed by atoms with E-state index in [1.807, 2.05) is 6.92 Å². The van der Waals surface area contributed by atoms with Gasteiger partial charge < -0.3 is 10.8 Å². The maximum absolute atomic E-state index is 12.3. The van der Waals surface area contributed by atoms with E-state index < -0.39 is 5.60 Å². The number of rotatable bonds is 0. The summed E-state index contributed by atoms with van der Waals surface area (Å²) in [6.45, 7) is 6.56. The van der Waals surface area contributed by atoms with E-state index in [-0.39, 0.29) is 22.7 Å². The number of aliphatic hydroxyl groups is 1. The van der Waals surface area contributed by atoms with Crippen LogP contribution in [0.3, 0.4) is 0 Å². The zero-order chi connectivity index (χ0) is 16.6. The van der Waals surface area contributed by atoms with Crippen LogP contribution in [0.1, 0.15) is 59.3 Å². The number of ketones is 1. The first kappa shape index (κ1) is 15.6. The molecule has 0 amide bonds. The highest BCUT2D eigenvalue weighted by molar-refractivity contribution is 5.88. The van der Waals surface area contributed by atoms with Crippen LogP contribution in [-0.2, 0) is 4.79 Å². The highest BCUT2D eigenvalue weighted by Crippen LogP contribution is 2.63. The molecule has 3 saturated carbocycles. The molecule has 0 saturated heterocycles. The van der Waals surface area contributed by atoms with Crippen LogP contribution in [0, 0.1) is 22.7 Å². The van der Waals surface area contributed by atoms with E-state index in [0.29, 0.717) is 18.3 Å². The zero-order valence-corrected chi connectivity index (χ0v) is 14.6. The Hall–Kier alpha value is -0.930. The molecular weight excluding hydrogens is 286 g/mol. The molecular formula is C20H29NO2. The van der Waals surface area contributed by atoms with Gasteiger partial charge in [0.1, 0.15) is 0 Å². The lowest BCUT2D eigenvalue weighted by molar-refractivity contribution is -0.119. The van der Waals surface area contributed by atoms with Crippen LogP contribution in [0.4, 0.5) is 0 Å². The van der Waals surface area contributed by atoms with E-state index in [9.17, 15) is 9.90 Å². The minimum absolute atomic E-state index is 0.0543. The number of allylic oxidation sites excluding steroid dienone is 3. The van der Waals surface area contributed by atoms with E-state index in [1.54, 1.807) is 0 Å². The highest BCUT2D eigenvalue weighted by atomic mass is 16.3. The second-order valence-electron chi connectivity index (χ2n) is 9.25. The van der Waals surface area contributed by atoms with E-state index in [0.717, 1.165) is 32.1 Å². The van der Waals surface area contributed by atoms with Crippen molar-refractivity contribution in [3.8, 4) is 0 Å². The Morgan fingerprint density at radius 3 is 2.61 bits per heavy atom. The molecule has 2 unspecified atom stereocenters. The number of carbonyl (C=O) groups excluding carboxylic acids is 1. The van der Waals surface area contributed by atoms with Crippen LogP contribution in [0.5, 0.6) is 0 Å². The largest absolute Gasteiger partial charge is 0.390 e. The molecule has 3 fully saturated rings. The summed E-state index contributed by atoms with van der Waals surface area (Å²) < 4.78 is 0. The van der Waals surface area contributed by atoms with Crippen molar-refractivity contribution in [3.05, 3.63) is 23.3 Å². The van der Waals surface area contributed by atoms with Crippen molar-refractivity contribution in [1.29, 1.82) is 0 Å². The molecule has 4 aliphatic carbocycles. The summed E-state index contributed by atoms with van der Waals surface area (Å²) in [4.78, 5) is 12.3. The van der Waals surface area contributed by atoms with Gasteiger partial charge in [0.05, 0.1) is 11.6 Å². The Morgan fingerprint density at radius 1 is 1.13 bits per heavy atom. The normalized spacial score (nSPS) is 52.2. The lowest BCUT2D eigenvalue weighted by Crippen LogP contribution is -2.50. The number of hydrogen-bond donors (Lipinski definition) is 2. The van der Waals surface area contributed by atoms with Gasteiger partial charge in [-0.1, -0.05) is 37.1 Å². The van der Waals surface area contributed by atoms with Gasteiger partial charge >= 0.3 is 0 Å². The monoisotopic (exact) mass is 315 g/mol. The van der Waals surface area contributed by atoms with E-state index >= 15 is 0 Å². The van der Waals surface area contributed by atoms with Gasteiger partial charge in [-0.2, -0.15) is 0 Å². The minimum atomic E-state index is -0.564. The highest BCUT2D eigenvalue weighted by Gasteiger charge is 2.58. The van der Waals surface area contributed by atoms with Crippen molar-refractivity contribution in [3.63, 3.8) is 0 Å². The fraction of sp³-hybridized carbons (Fsp3) is 0.750. The molecule has 0 heterocycles. The van der Waals surface area contributed by atoms with E-state index in [1.165, 1.54) is 11.1 Å². The summed E-state index contributed by atoms with van der Waals surface area (Å²) in [5.41, 5.74) is 8.67. The SMILES string of the molecule is CC1(O)CC[C@@]2(C)C(=CC=C3[C@H]2CC[C@]2(C)C(N)C(=O)C[C@@H]32)C1. The first-order valence-corrected chi connectivity index (χ1v) is 9.09. The van der Waals surface area contributed by atoms with Crippen molar-refractivity contribution in [2.24, 2.45) is 28.4 Å². The van der Waals surface area contributed by atoms with Gasteiger partial charge in [0.25, 0.3) is 0 Å². The minimum Gasteiger partial charge on any atom is -0.390 e. The number of nitrogens with two attached hydrogens (primary N) is 1. The molecule has 0 spiro atoms. The Labute approximate surface area is 139 Å². The third-order valence-corrected chi connectivity index (χ3v) is 7.77. The molecule has 3 N–H and O–H groups in total. The molecule has 0 aromatic heterocycles. The van der Waals surface area contributed by atoms with Gasteiger partial charge in [0.15, 0.2) is 5.78 Å². The van der Waals surface area contributed by atoms with Crippen LogP contribution in [0.25, 0.3) is 0 Å². The van der Waals surface area contributed by atoms with Crippen molar-refractivity contribution in [2.45, 2.75) is 70.9 Å². The van der Waals surface area contributed by atoms with E-state index in [4.69, 9.17) is 5.73 Å². The van der Waals surface area contributed by atoms with Gasteiger partial charge in [-0.25, -0.2) is 0 Å². The average Bonchev–Trinajstić information content (AvgIpc) is 2.71. The lowest BCUT2D eigenvalue weighted by atomic mass is 9.50. The summed E-state index contributed by atoms with van der Waals surface area (Å²) in [7, 11) is 0. The maximum atomic E-state index is 12.3. The second kappa shape index (κ2) is 4.58. The van der Waals surface area contributed by atoms with Crippen molar-refractivity contribution >= 4 is 5.78 Å². The number of fused-ring (bicyclic) bond motifs is 5. The second-order valence-corrected chi connectivity index (χ2v) is 9.25. The fourth-order valence-corrected chi connectivity index (χ4v) is 5.99. The summed E-state index contributed by atoms with van der Waals surface area (Å²) in [6, 6.07) is -0.292. The average molecular weight is 315 g/mol. The summed E-state index contributed by atoms with van der Waals surface area (Å²) in [5.74, 6) is 1.08. The van der Waals surface area contributed by atoms with Crippen LogP contribution < -0.4 is 5.73 Å². The standard InChI is InChI=1S/C20H29NO2/c1-18(23)8-9-19(2)12(11-18)4-5-13-14(19)6-7-20(3)15(13)10-16(22)17(20)21/h4-5,14-15,17,23H,6-11,21H2,1-3H3/t14-,15+,17?,18?,19+,20+/m1/s1. The smallest absolute Gasteiger partial charge is 0.150 e. The van der Waals surface area contributed by atoms with Crippen LogP contribution in [0.2, 0.25) is 0 Å². The number of hydrogen-bond acceptors (Lipinski definition) is 3. The summed E-state index contributed by atoms with van der Waals surface area (Å²) >= 11 is 0. The molecule has 6 atom stereocenters. The predicted octanol–water partition coefficient (Wildman–Crippen LogP) is 3.13. The quantitative estimate of drug-likeness (QED) is 0.722. The Morgan fingerprint density at radius 2 is 1.87 bits per heavy atom. The van der Waals surface area contributed by atoms with Crippen molar-refractivity contribution in [1.82, 2.24) is 0 Å². The Balaban J connectivity index is 1.75. The van der Waals surface area contributed by atoms with Crippen LogP contribution >= 0.6 is 0 Å². The third-order valence-electron chi connectivity index (χ3n) is 7.77. The van der Waals surface area contributed by atoms with Gasteiger partial charge in [-0.05, 0) is 61.7 Å². The molecule has 3 nitrogen and oxygen atoms in total. The molecule has 126 valence electrons. The molecule has 23 heavy (non-hydrogen) atoms. The Kier molecular flexibility index (Phi) is 3.10. The molecule has 0 aliphatic heterocycles. The van der Waals surface area contributed by atoms with Crippen molar-refractivity contribution < 1.29 is 9.90 Å². The van der Waals surface area contributed by atoms with Crippen LogP contribution in [0.15, 0.2) is 23.3 Å². The predicted molar refractivity (Wildman–Crippen MR) is 90.7 cm³/mol. The first-order chi connectivity index (χ1) is 10.7. The van der Waals surface area contributed by atoms with Gasteiger partial charge in [-0.3, -0.25) is 4.79 Å². The fourth-order valence-electron chi connectivity index (χ4n) is 5.99. The molecule has 0 aromatic rings. The number of carbonyl (C=O) groups is 1. The Bertz CT molecular complexity index is 632. The number of Topliss-reactive ketones (excluding diaryl/α,β-unsaturated/α-hetero) is 1. The zero-order valence-electron chi connectivity index (χ0n) is 14.6. The maximum Gasteiger partial charge on any atom is 0.150 e. The summed E-state index contributed by atoms with van der Waals surface area (Å²) in [5, 5.41) is 10.5. The topological polar surface area (TPSA) is 63.3 Å².